The van der Waals surface area contributed by atoms with Crippen LogP contribution in [0.4, 0.5) is 4.39 Å². The van der Waals surface area contributed by atoms with Crippen molar-refractivity contribution in [1.82, 2.24) is 20.1 Å². The zero-order valence-corrected chi connectivity index (χ0v) is 18.7. The van der Waals surface area contributed by atoms with Crippen molar-refractivity contribution in [2.24, 2.45) is 0 Å². The number of aromatic nitrogens is 2. The molecule has 0 radical (unpaired) electrons. The van der Waals surface area contributed by atoms with E-state index < -0.39 is 6.04 Å². The van der Waals surface area contributed by atoms with Gasteiger partial charge in [0.2, 0.25) is 0 Å². The minimum absolute atomic E-state index is 0.295. The number of nitrogens with zero attached hydrogens (tertiary/aromatic N) is 4. The van der Waals surface area contributed by atoms with Crippen molar-refractivity contribution in [1.29, 1.82) is 0 Å². The van der Waals surface area contributed by atoms with Crippen LogP contribution in [0.15, 0.2) is 72.7 Å². The number of benzene rings is 2. The van der Waals surface area contributed by atoms with E-state index in [0.717, 1.165) is 28.1 Å². The van der Waals surface area contributed by atoms with E-state index in [2.05, 4.69) is 9.97 Å². The van der Waals surface area contributed by atoms with E-state index in [9.17, 15) is 9.18 Å². The standard InChI is InChI=1S/C25H25FN4O3/c1-4-22-23(19-8-12-21(32-3)13-9-19)24(25-27-14-5-15-28-25)29(30(22)33-16-31)17(2)18-6-10-20(26)11-7-18/h5-17,24H,4H2,1-3H3. The van der Waals surface area contributed by atoms with Gasteiger partial charge < -0.3 is 9.57 Å². The summed E-state index contributed by atoms with van der Waals surface area (Å²) in [6.45, 7) is 4.36. The van der Waals surface area contributed by atoms with Crippen molar-refractivity contribution in [3.05, 3.63) is 95.5 Å². The fourth-order valence-corrected chi connectivity index (χ4v) is 4.19. The molecule has 0 N–H and O–H groups in total. The summed E-state index contributed by atoms with van der Waals surface area (Å²) in [5, 5.41) is 3.43. The van der Waals surface area contributed by atoms with Gasteiger partial charge in [0.1, 0.15) is 17.6 Å². The summed E-state index contributed by atoms with van der Waals surface area (Å²) in [4.78, 5) is 26.1. The minimum atomic E-state index is -0.449. The highest BCUT2D eigenvalue weighted by Crippen LogP contribution is 2.49. The largest absolute Gasteiger partial charge is 0.497 e. The number of hydroxylamine groups is 1. The van der Waals surface area contributed by atoms with E-state index >= 15 is 0 Å². The predicted octanol–water partition coefficient (Wildman–Crippen LogP) is 4.87. The summed E-state index contributed by atoms with van der Waals surface area (Å²) < 4.78 is 18.9. The molecule has 0 fully saturated rings. The molecule has 0 aliphatic carbocycles. The smallest absolute Gasteiger partial charge is 0.322 e. The van der Waals surface area contributed by atoms with E-state index in [4.69, 9.17) is 9.57 Å². The van der Waals surface area contributed by atoms with Crippen LogP contribution >= 0.6 is 0 Å². The summed E-state index contributed by atoms with van der Waals surface area (Å²) in [6, 6.07) is 15.0. The monoisotopic (exact) mass is 448 g/mol. The van der Waals surface area contributed by atoms with Crippen LogP contribution in [0, 0.1) is 5.82 Å². The van der Waals surface area contributed by atoms with Gasteiger partial charge in [-0.25, -0.2) is 14.4 Å². The molecular formula is C25H25FN4O3. The van der Waals surface area contributed by atoms with Gasteiger partial charge in [-0.05, 0) is 54.8 Å². The second kappa shape index (κ2) is 9.79. The van der Waals surface area contributed by atoms with Crippen LogP contribution in [-0.2, 0) is 9.63 Å². The number of hydrazine groups is 1. The Hall–Kier alpha value is -3.78. The second-order valence-corrected chi connectivity index (χ2v) is 7.53. The van der Waals surface area contributed by atoms with Crippen LogP contribution in [0.1, 0.15) is 49.3 Å². The van der Waals surface area contributed by atoms with Crippen LogP contribution in [-0.4, -0.2) is 33.7 Å². The molecule has 7 nitrogen and oxygen atoms in total. The van der Waals surface area contributed by atoms with Crippen molar-refractivity contribution < 1.29 is 18.8 Å². The Kier molecular flexibility index (Phi) is 6.65. The molecule has 1 aliphatic rings. The summed E-state index contributed by atoms with van der Waals surface area (Å²) in [5.41, 5.74) is 3.50. The number of allylic oxidation sites excluding steroid dienone is 1. The molecule has 8 heteroatoms. The van der Waals surface area contributed by atoms with Crippen molar-refractivity contribution in [3.8, 4) is 5.75 Å². The highest BCUT2D eigenvalue weighted by Gasteiger charge is 2.45. The zero-order valence-electron chi connectivity index (χ0n) is 18.7. The van der Waals surface area contributed by atoms with Crippen LogP contribution in [0.5, 0.6) is 5.75 Å². The maximum Gasteiger partial charge on any atom is 0.322 e. The fourth-order valence-electron chi connectivity index (χ4n) is 4.19. The van der Waals surface area contributed by atoms with E-state index in [0.29, 0.717) is 18.7 Å². The third kappa shape index (κ3) is 4.29. The third-order valence-electron chi connectivity index (χ3n) is 5.75. The first-order chi connectivity index (χ1) is 16.1. The number of carbonyl (C=O) groups excluding carboxylic acids is 1. The molecule has 0 amide bonds. The number of methoxy groups -OCH3 is 1. The van der Waals surface area contributed by atoms with E-state index in [1.807, 2.05) is 43.1 Å². The van der Waals surface area contributed by atoms with Gasteiger partial charge in [-0.3, -0.25) is 4.79 Å². The summed E-state index contributed by atoms with van der Waals surface area (Å²) >= 11 is 0. The molecule has 2 aromatic carbocycles. The Bertz CT molecular complexity index is 1120. The van der Waals surface area contributed by atoms with Crippen LogP contribution in [0.2, 0.25) is 0 Å². The van der Waals surface area contributed by atoms with Gasteiger partial charge in [-0.15, -0.1) is 5.17 Å². The Balaban J connectivity index is 1.90. The number of hydrogen-bond donors (Lipinski definition) is 0. The Morgan fingerprint density at radius 2 is 1.76 bits per heavy atom. The molecule has 1 aromatic heterocycles. The molecular weight excluding hydrogens is 423 g/mol. The first-order valence-electron chi connectivity index (χ1n) is 10.7. The van der Waals surface area contributed by atoms with Gasteiger partial charge >= 0.3 is 6.47 Å². The SMILES string of the molecule is CCC1=C(c2ccc(OC)cc2)C(c2ncccn2)N(C(C)c2ccc(F)cc2)N1OC=O. The number of ether oxygens (including phenoxy) is 1. The normalized spacial score (nSPS) is 17.2. The number of carbonyl (C=O) groups is 1. The van der Waals surface area contributed by atoms with Crippen molar-refractivity contribution >= 4 is 12.0 Å². The maximum atomic E-state index is 13.6. The van der Waals surface area contributed by atoms with E-state index in [-0.39, 0.29) is 11.9 Å². The molecule has 33 heavy (non-hydrogen) atoms. The highest BCUT2D eigenvalue weighted by molar-refractivity contribution is 5.75. The van der Waals surface area contributed by atoms with E-state index in [1.54, 1.807) is 37.7 Å². The van der Waals surface area contributed by atoms with Gasteiger partial charge in [0.25, 0.3) is 0 Å². The molecule has 0 spiro atoms. The molecule has 4 rings (SSSR count). The van der Waals surface area contributed by atoms with Crippen molar-refractivity contribution in [3.63, 3.8) is 0 Å². The quantitative estimate of drug-likeness (QED) is 0.456. The van der Waals surface area contributed by atoms with Gasteiger partial charge in [0.05, 0.1) is 18.8 Å². The highest BCUT2D eigenvalue weighted by atomic mass is 19.1. The molecule has 2 atom stereocenters. The first kappa shape index (κ1) is 22.4. The lowest BCUT2D eigenvalue weighted by Gasteiger charge is -2.36. The lowest BCUT2D eigenvalue weighted by Crippen LogP contribution is -2.41. The van der Waals surface area contributed by atoms with Gasteiger partial charge in [0, 0.05) is 18.0 Å². The zero-order chi connectivity index (χ0) is 23.4. The molecule has 1 aliphatic heterocycles. The van der Waals surface area contributed by atoms with Gasteiger partial charge in [-0.1, -0.05) is 31.2 Å². The number of rotatable bonds is 8. The predicted molar refractivity (Wildman–Crippen MR) is 121 cm³/mol. The molecule has 2 heterocycles. The number of halogens is 1. The average Bonchev–Trinajstić information content (AvgIpc) is 3.18. The third-order valence-corrected chi connectivity index (χ3v) is 5.75. The lowest BCUT2D eigenvalue weighted by molar-refractivity contribution is -0.249. The molecule has 3 aromatic rings. The molecule has 0 bridgehead atoms. The lowest BCUT2D eigenvalue weighted by atomic mass is 9.94. The van der Waals surface area contributed by atoms with Gasteiger partial charge in [-0.2, -0.15) is 5.01 Å². The van der Waals surface area contributed by atoms with Crippen LogP contribution < -0.4 is 4.74 Å². The number of hydrogen-bond acceptors (Lipinski definition) is 7. The molecule has 170 valence electrons. The Morgan fingerprint density at radius 1 is 1.09 bits per heavy atom. The van der Waals surface area contributed by atoms with Crippen LogP contribution in [0.3, 0.4) is 0 Å². The van der Waals surface area contributed by atoms with Gasteiger partial charge in [0.15, 0.2) is 5.82 Å². The minimum Gasteiger partial charge on any atom is -0.497 e. The first-order valence-corrected chi connectivity index (χ1v) is 10.7. The second-order valence-electron chi connectivity index (χ2n) is 7.53. The maximum absolute atomic E-state index is 13.6. The molecule has 2 unspecified atom stereocenters. The Labute approximate surface area is 192 Å². The summed E-state index contributed by atoms with van der Waals surface area (Å²) in [6.07, 6.45) is 3.96. The molecule has 0 saturated carbocycles. The topological polar surface area (TPSA) is 67.8 Å². The van der Waals surface area contributed by atoms with Crippen molar-refractivity contribution in [2.45, 2.75) is 32.4 Å². The molecule has 0 saturated heterocycles. The van der Waals surface area contributed by atoms with Crippen molar-refractivity contribution in [2.75, 3.05) is 7.11 Å². The summed E-state index contributed by atoms with van der Waals surface area (Å²) in [5.74, 6) is 0.975. The Morgan fingerprint density at radius 3 is 2.33 bits per heavy atom. The summed E-state index contributed by atoms with van der Waals surface area (Å²) in [7, 11) is 1.62. The fraction of sp³-hybridized carbons (Fsp3) is 0.240. The average molecular weight is 448 g/mol. The van der Waals surface area contributed by atoms with Crippen LogP contribution in [0.25, 0.3) is 5.57 Å². The van der Waals surface area contributed by atoms with E-state index in [1.165, 1.54) is 17.3 Å².